The number of hydrogen-bond acceptors (Lipinski definition) is 6. The third-order valence-corrected chi connectivity index (χ3v) is 4.35. The Labute approximate surface area is 141 Å². The summed E-state index contributed by atoms with van der Waals surface area (Å²) >= 11 is 1.28. The number of hydrazone groups is 1. The van der Waals surface area contributed by atoms with Crippen LogP contribution in [0.2, 0.25) is 0 Å². The number of carbonyl (C=O) groups excluding carboxylic acids is 1. The number of carbonyl (C=O) groups is 1. The van der Waals surface area contributed by atoms with Gasteiger partial charge < -0.3 is 14.4 Å². The summed E-state index contributed by atoms with van der Waals surface area (Å²) in [6.45, 7) is 1.55. The normalized spacial score (nSPS) is 14.9. The van der Waals surface area contributed by atoms with Gasteiger partial charge in [-0.25, -0.2) is 5.01 Å². The smallest absolute Gasteiger partial charge is 0.302 e. The number of ether oxygens (including phenoxy) is 2. The van der Waals surface area contributed by atoms with Crippen LogP contribution in [0.1, 0.15) is 12.0 Å². The zero-order chi connectivity index (χ0) is 16.8. The number of amides is 1. The predicted molar refractivity (Wildman–Crippen MR) is 93.8 cm³/mol. The molecule has 2 rings (SSSR count). The summed E-state index contributed by atoms with van der Waals surface area (Å²) in [6.07, 6.45) is 0.891. The van der Waals surface area contributed by atoms with E-state index in [9.17, 15) is 4.79 Å². The average Bonchev–Trinajstić information content (AvgIpc) is 2.55. The number of hydrogen-bond donors (Lipinski definition) is 0. The van der Waals surface area contributed by atoms with Gasteiger partial charge in [0.1, 0.15) is 0 Å². The highest BCUT2D eigenvalue weighted by molar-refractivity contribution is 8.14. The zero-order valence-corrected chi connectivity index (χ0v) is 14.9. The number of nitrogens with zero attached hydrogens (tertiary/aromatic N) is 3. The van der Waals surface area contributed by atoms with E-state index in [2.05, 4.69) is 10.0 Å². The van der Waals surface area contributed by atoms with Crippen LogP contribution in [0.25, 0.3) is 0 Å². The molecule has 0 spiro atoms. The molecule has 0 fully saturated rings. The maximum Gasteiger partial charge on any atom is 0.302 e. The topological polar surface area (TPSA) is 54.4 Å². The first kappa shape index (κ1) is 17.6. The molecule has 0 radical (unpaired) electrons. The molecule has 1 aliphatic rings. The standard InChI is InChI=1S/C16H23N3O3S/c1-18(2)8-5-9-19-16(20)23-11-13(17-19)12-6-7-14(21-3)15(10-12)22-4/h6-7,10H,5,8-9,11H2,1-4H3. The van der Waals surface area contributed by atoms with E-state index in [0.29, 0.717) is 23.8 Å². The Kier molecular flexibility index (Phi) is 6.29. The summed E-state index contributed by atoms with van der Waals surface area (Å²) in [7, 11) is 7.25. The van der Waals surface area contributed by atoms with Gasteiger partial charge in [-0.2, -0.15) is 5.10 Å². The lowest BCUT2D eigenvalue weighted by Crippen LogP contribution is -2.32. The molecule has 6 nitrogen and oxygen atoms in total. The quantitative estimate of drug-likeness (QED) is 0.765. The molecule has 0 bridgehead atoms. The number of thioether (sulfide) groups is 1. The summed E-state index contributed by atoms with van der Waals surface area (Å²) in [6, 6.07) is 5.69. The second-order valence-electron chi connectivity index (χ2n) is 5.45. The molecule has 0 aliphatic carbocycles. The summed E-state index contributed by atoms with van der Waals surface area (Å²) in [5.74, 6) is 1.91. The molecule has 0 atom stereocenters. The van der Waals surface area contributed by atoms with Crippen molar-refractivity contribution in [3.63, 3.8) is 0 Å². The molecule has 23 heavy (non-hydrogen) atoms. The number of methoxy groups -OCH3 is 2. The van der Waals surface area contributed by atoms with Crippen LogP contribution in [-0.4, -0.2) is 68.0 Å². The van der Waals surface area contributed by atoms with E-state index >= 15 is 0 Å². The maximum atomic E-state index is 12.0. The molecule has 1 aromatic rings. The highest BCUT2D eigenvalue weighted by Gasteiger charge is 2.22. The lowest BCUT2D eigenvalue weighted by atomic mass is 10.1. The summed E-state index contributed by atoms with van der Waals surface area (Å²) in [5, 5.41) is 6.09. The molecule has 126 valence electrons. The minimum absolute atomic E-state index is 0.00739. The molecule has 1 aliphatic heterocycles. The summed E-state index contributed by atoms with van der Waals surface area (Å²) in [4.78, 5) is 14.1. The first-order chi connectivity index (χ1) is 11.0. The van der Waals surface area contributed by atoms with E-state index in [0.717, 1.165) is 24.2 Å². The van der Waals surface area contributed by atoms with Crippen molar-refractivity contribution in [2.75, 3.05) is 47.2 Å². The first-order valence-corrected chi connectivity index (χ1v) is 8.42. The van der Waals surface area contributed by atoms with Gasteiger partial charge in [0.25, 0.3) is 0 Å². The summed E-state index contributed by atoms with van der Waals surface area (Å²) < 4.78 is 10.6. The fraction of sp³-hybridized carbons (Fsp3) is 0.500. The van der Waals surface area contributed by atoms with E-state index in [1.165, 1.54) is 11.8 Å². The van der Waals surface area contributed by atoms with Gasteiger partial charge in [0.05, 0.1) is 19.9 Å². The minimum Gasteiger partial charge on any atom is -0.493 e. The largest absolute Gasteiger partial charge is 0.493 e. The van der Waals surface area contributed by atoms with Crippen molar-refractivity contribution in [3.8, 4) is 11.5 Å². The van der Waals surface area contributed by atoms with Crippen LogP contribution in [0.4, 0.5) is 4.79 Å². The van der Waals surface area contributed by atoms with Crippen LogP contribution in [-0.2, 0) is 0 Å². The third-order valence-electron chi connectivity index (χ3n) is 3.48. The second kappa shape index (κ2) is 8.21. The molecule has 0 N–H and O–H groups in total. The van der Waals surface area contributed by atoms with Gasteiger partial charge in [0.15, 0.2) is 11.5 Å². The Morgan fingerprint density at radius 3 is 2.65 bits per heavy atom. The van der Waals surface area contributed by atoms with Gasteiger partial charge >= 0.3 is 5.24 Å². The van der Waals surface area contributed by atoms with Crippen molar-refractivity contribution in [2.24, 2.45) is 5.10 Å². The fourth-order valence-electron chi connectivity index (χ4n) is 2.25. The van der Waals surface area contributed by atoms with Crippen LogP contribution in [0, 0.1) is 0 Å². The van der Waals surface area contributed by atoms with Crippen molar-refractivity contribution < 1.29 is 14.3 Å². The molecular weight excluding hydrogens is 314 g/mol. The lowest BCUT2D eigenvalue weighted by Gasteiger charge is -2.24. The van der Waals surface area contributed by atoms with E-state index < -0.39 is 0 Å². The van der Waals surface area contributed by atoms with Crippen molar-refractivity contribution in [2.45, 2.75) is 6.42 Å². The molecule has 0 unspecified atom stereocenters. The second-order valence-corrected chi connectivity index (χ2v) is 6.38. The van der Waals surface area contributed by atoms with E-state index in [1.807, 2.05) is 32.3 Å². The molecule has 7 heteroatoms. The van der Waals surface area contributed by atoms with Crippen molar-refractivity contribution in [3.05, 3.63) is 23.8 Å². The maximum absolute atomic E-state index is 12.0. The van der Waals surface area contributed by atoms with Gasteiger partial charge in [0, 0.05) is 17.9 Å². The van der Waals surface area contributed by atoms with Crippen LogP contribution < -0.4 is 9.47 Å². The lowest BCUT2D eigenvalue weighted by molar-refractivity contribution is 0.221. The molecule has 0 saturated carbocycles. The third kappa shape index (κ3) is 4.62. The van der Waals surface area contributed by atoms with E-state index in [4.69, 9.17) is 9.47 Å². The van der Waals surface area contributed by atoms with Crippen molar-refractivity contribution in [1.29, 1.82) is 0 Å². The average molecular weight is 337 g/mol. The number of benzene rings is 1. The Morgan fingerprint density at radius 2 is 2.00 bits per heavy atom. The first-order valence-electron chi connectivity index (χ1n) is 7.44. The van der Waals surface area contributed by atoms with Crippen molar-refractivity contribution in [1.82, 2.24) is 9.91 Å². The summed E-state index contributed by atoms with van der Waals surface area (Å²) in [5.41, 5.74) is 1.82. The van der Waals surface area contributed by atoms with E-state index in [1.54, 1.807) is 19.2 Å². The fourth-order valence-corrected chi connectivity index (χ4v) is 3.02. The van der Waals surface area contributed by atoms with Gasteiger partial charge in [0.2, 0.25) is 0 Å². The molecule has 0 aromatic heterocycles. The van der Waals surface area contributed by atoms with E-state index in [-0.39, 0.29) is 5.24 Å². The van der Waals surface area contributed by atoms with Crippen molar-refractivity contribution >= 4 is 22.7 Å². The Bertz CT molecular complexity index is 590. The van der Waals surface area contributed by atoms with Gasteiger partial charge in [-0.15, -0.1) is 0 Å². The van der Waals surface area contributed by atoms with Gasteiger partial charge in [-0.3, -0.25) is 4.79 Å². The molecule has 1 heterocycles. The van der Waals surface area contributed by atoms with Crippen LogP contribution >= 0.6 is 11.8 Å². The van der Waals surface area contributed by atoms with Crippen LogP contribution in [0.5, 0.6) is 11.5 Å². The Hall–Kier alpha value is -1.73. The Morgan fingerprint density at radius 1 is 1.26 bits per heavy atom. The molecule has 1 aromatic carbocycles. The van der Waals surface area contributed by atoms with Crippen LogP contribution in [0.15, 0.2) is 23.3 Å². The van der Waals surface area contributed by atoms with Crippen LogP contribution in [0.3, 0.4) is 0 Å². The van der Waals surface area contributed by atoms with Gasteiger partial charge in [-0.05, 0) is 45.3 Å². The molecular formula is C16H23N3O3S. The highest BCUT2D eigenvalue weighted by atomic mass is 32.2. The minimum atomic E-state index is 0.00739. The predicted octanol–water partition coefficient (Wildman–Crippen LogP) is 2.53. The van der Waals surface area contributed by atoms with Gasteiger partial charge in [-0.1, -0.05) is 11.8 Å². The highest BCUT2D eigenvalue weighted by Crippen LogP contribution is 2.29. The number of rotatable bonds is 7. The zero-order valence-electron chi connectivity index (χ0n) is 14.0. The SMILES string of the molecule is COc1ccc(C2=NN(CCCN(C)C)C(=O)SC2)cc1OC. The monoisotopic (exact) mass is 337 g/mol. The molecule has 0 saturated heterocycles. The molecule has 1 amide bonds. The Balaban J connectivity index is 2.16.